The highest BCUT2D eigenvalue weighted by atomic mass is 32.2. The largest absolute Gasteiger partial charge is 0.213 e. The van der Waals surface area contributed by atoms with E-state index in [4.69, 9.17) is 0 Å². The SMILES string of the molecule is CS(=O)(=O)NCc1ccc(-c2ccccc2)cc1. The van der Waals surface area contributed by atoms with Crippen molar-refractivity contribution in [3.05, 3.63) is 60.2 Å². The first-order valence-corrected chi connectivity index (χ1v) is 7.53. The molecule has 0 heterocycles. The molecule has 0 fully saturated rings. The van der Waals surface area contributed by atoms with Crippen molar-refractivity contribution >= 4 is 10.0 Å². The zero-order valence-electron chi connectivity index (χ0n) is 10.1. The van der Waals surface area contributed by atoms with Crippen LogP contribution in [0.4, 0.5) is 0 Å². The molecule has 1 N–H and O–H groups in total. The maximum atomic E-state index is 11.0. The lowest BCUT2D eigenvalue weighted by Gasteiger charge is -2.05. The maximum Gasteiger partial charge on any atom is 0.209 e. The number of hydrogen-bond donors (Lipinski definition) is 1. The average Bonchev–Trinajstić information content (AvgIpc) is 2.37. The summed E-state index contributed by atoms with van der Waals surface area (Å²) in [4.78, 5) is 0. The lowest BCUT2D eigenvalue weighted by molar-refractivity contribution is 0.587. The Morgan fingerprint density at radius 3 is 2.00 bits per heavy atom. The molecule has 3 nitrogen and oxygen atoms in total. The molecule has 0 aliphatic carbocycles. The van der Waals surface area contributed by atoms with Crippen LogP contribution in [0.3, 0.4) is 0 Å². The molecule has 18 heavy (non-hydrogen) atoms. The third-order valence-corrected chi connectivity index (χ3v) is 3.27. The third kappa shape index (κ3) is 3.68. The van der Waals surface area contributed by atoms with Gasteiger partial charge in [-0.2, -0.15) is 0 Å². The molecule has 4 heteroatoms. The first-order valence-electron chi connectivity index (χ1n) is 5.63. The van der Waals surface area contributed by atoms with Crippen molar-refractivity contribution in [3.8, 4) is 11.1 Å². The smallest absolute Gasteiger partial charge is 0.209 e. The Morgan fingerprint density at radius 1 is 0.889 bits per heavy atom. The van der Waals surface area contributed by atoms with E-state index in [2.05, 4.69) is 4.72 Å². The molecule has 0 saturated heterocycles. The second kappa shape index (κ2) is 5.33. The molecule has 0 bridgehead atoms. The Kier molecular flexibility index (Phi) is 3.79. The molecular weight excluding hydrogens is 246 g/mol. The van der Waals surface area contributed by atoms with Crippen LogP contribution in [-0.4, -0.2) is 14.7 Å². The Balaban J connectivity index is 2.11. The number of nitrogens with one attached hydrogen (secondary N) is 1. The van der Waals surface area contributed by atoms with Crippen molar-refractivity contribution in [2.45, 2.75) is 6.54 Å². The topological polar surface area (TPSA) is 46.2 Å². The van der Waals surface area contributed by atoms with Gasteiger partial charge < -0.3 is 0 Å². The number of benzene rings is 2. The van der Waals surface area contributed by atoms with E-state index in [-0.39, 0.29) is 0 Å². The molecule has 0 aromatic heterocycles. The predicted molar refractivity (Wildman–Crippen MR) is 73.6 cm³/mol. The van der Waals surface area contributed by atoms with E-state index >= 15 is 0 Å². The minimum Gasteiger partial charge on any atom is -0.213 e. The van der Waals surface area contributed by atoms with Crippen LogP contribution in [0.15, 0.2) is 54.6 Å². The molecule has 2 rings (SSSR count). The van der Waals surface area contributed by atoms with E-state index in [1.807, 2.05) is 54.6 Å². The lowest BCUT2D eigenvalue weighted by atomic mass is 10.0. The van der Waals surface area contributed by atoms with Gasteiger partial charge in [-0.15, -0.1) is 0 Å². The van der Waals surface area contributed by atoms with Crippen LogP contribution in [0.25, 0.3) is 11.1 Å². The predicted octanol–water partition coefficient (Wildman–Crippen LogP) is 2.40. The van der Waals surface area contributed by atoms with Crippen molar-refractivity contribution in [2.24, 2.45) is 0 Å². The fourth-order valence-electron chi connectivity index (χ4n) is 1.66. The molecule has 2 aromatic carbocycles. The van der Waals surface area contributed by atoms with Gasteiger partial charge in [-0.25, -0.2) is 13.1 Å². The van der Waals surface area contributed by atoms with Crippen molar-refractivity contribution in [1.82, 2.24) is 4.72 Å². The summed E-state index contributed by atoms with van der Waals surface area (Å²) >= 11 is 0. The lowest BCUT2D eigenvalue weighted by Crippen LogP contribution is -2.21. The van der Waals surface area contributed by atoms with E-state index in [0.717, 1.165) is 22.9 Å². The van der Waals surface area contributed by atoms with Crippen molar-refractivity contribution < 1.29 is 8.42 Å². The van der Waals surface area contributed by atoms with Gasteiger partial charge in [-0.05, 0) is 16.7 Å². The van der Waals surface area contributed by atoms with Gasteiger partial charge in [0.05, 0.1) is 6.26 Å². The van der Waals surface area contributed by atoms with Crippen LogP contribution in [-0.2, 0) is 16.6 Å². The zero-order chi connectivity index (χ0) is 13.0. The van der Waals surface area contributed by atoms with Crippen molar-refractivity contribution in [1.29, 1.82) is 0 Å². The van der Waals surface area contributed by atoms with Gasteiger partial charge in [-0.3, -0.25) is 0 Å². The summed E-state index contributed by atoms with van der Waals surface area (Å²) in [5, 5.41) is 0. The summed E-state index contributed by atoms with van der Waals surface area (Å²) in [6.07, 6.45) is 1.16. The van der Waals surface area contributed by atoms with Crippen molar-refractivity contribution in [2.75, 3.05) is 6.26 Å². The quantitative estimate of drug-likeness (QED) is 0.918. The Hall–Kier alpha value is -1.65. The van der Waals surface area contributed by atoms with E-state index < -0.39 is 10.0 Å². The Labute approximate surface area is 108 Å². The molecular formula is C14H15NO2S. The first-order chi connectivity index (χ1) is 8.54. The summed E-state index contributed by atoms with van der Waals surface area (Å²) in [5.74, 6) is 0. The monoisotopic (exact) mass is 261 g/mol. The molecule has 0 spiro atoms. The summed E-state index contributed by atoms with van der Waals surface area (Å²) in [6.45, 7) is 0.327. The van der Waals surface area contributed by atoms with Crippen LogP contribution in [0.5, 0.6) is 0 Å². The van der Waals surface area contributed by atoms with E-state index in [1.165, 1.54) is 0 Å². The maximum absolute atomic E-state index is 11.0. The van der Waals surface area contributed by atoms with Crippen LogP contribution in [0, 0.1) is 0 Å². The zero-order valence-corrected chi connectivity index (χ0v) is 10.9. The number of rotatable bonds is 4. The van der Waals surface area contributed by atoms with E-state index in [0.29, 0.717) is 6.54 Å². The molecule has 0 saturated carbocycles. The minimum absolute atomic E-state index is 0.327. The minimum atomic E-state index is -3.13. The molecule has 0 unspecified atom stereocenters. The highest BCUT2D eigenvalue weighted by molar-refractivity contribution is 7.88. The van der Waals surface area contributed by atoms with Crippen molar-refractivity contribution in [3.63, 3.8) is 0 Å². The molecule has 2 aromatic rings. The van der Waals surface area contributed by atoms with Gasteiger partial charge >= 0.3 is 0 Å². The van der Waals surface area contributed by atoms with Crippen LogP contribution >= 0.6 is 0 Å². The second-order valence-corrected chi connectivity index (χ2v) is 5.99. The van der Waals surface area contributed by atoms with Gasteiger partial charge in [0.1, 0.15) is 0 Å². The first kappa shape index (κ1) is 12.8. The van der Waals surface area contributed by atoms with Crippen LogP contribution in [0.2, 0.25) is 0 Å². The van der Waals surface area contributed by atoms with E-state index in [9.17, 15) is 8.42 Å². The molecule has 94 valence electrons. The van der Waals surface area contributed by atoms with Crippen LogP contribution in [0.1, 0.15) is 5.56 Å². The number of sulfonamides is 1. The summed E-state index contributed by atoms with van der Waals surface area (Å²) < 4.78 is 24.4. The molecule has 0 amide bonds. The highest BCUT2D eigenvalue weighted by Crippen LogP contribution is 2.19. The Bertz CT molecular complexity index is 604. The Morgan fingerprint density at radius 2 is 1.44 bits per heavy atom. The fourth-order valence-corrected chi connectivity index (χ4v) is 2.09. The molecule has 0 aliphatic rings. The third-order valence-electron chi connectivity index (χ3n) is 2.60. The normalized spacial score (nSPS) is 11.4. The summed E-state index contributed by atoms with van der Waals surface area (Å²) in [7, 11) is -3.13. The van der Waals surface area contributed by atoms with Gasteiger partial charge in [0.25, 0.3) is 0 Å². The van der Waals surface area contributed by atoms with Gasteiger partial charge in [0.15, 0.2) is 0 Å². The van der Waals surface area contributed by atoms with E-state index in [1.54, 1.807) is 0 Å². The highest BCUT2D eigenvalue weighted by Gasteiger charge is 2.01. The second-order valence-electron chi connectivity index (χ2n) is 4.16. The standard InChI is InChI=1S/C14H15NO2S/c1-18(16,17)15-11-12-7-9-14(10-8-12)13-5-3-2-4-6-13/h2-10,15H,11H2,1H3. The summed E-state index contributed by atoms with van der Waals surface area (Å²) in [5.41, 5.74) is 3.22. The van der Waals surface area contributed by atoms with Gasteiger partial charge in [0.2, 0.25) is 10.0 Å². The van der Waals surface area contributed by atoms with Crippen LogP contribution < -0.4 is 4.72 Å². The molecule has 0 aliphatic heterocycles. The summed E-state index contributed by atoms with van der Waals surface area (Å²) in [6, 6.07) is 17.9. The number of hydrogen-bond acceptors (Lipinski definition) is 2. The van der Waals surface area contributed by atoms with Gasteiger partial charge in [-0.1, -0.05) is 54.6 Å². The van der Waals surface area contributed by atoms with Gasteiger partial charge in [0, 0.05) is 6.54 Å². The molecule has 0 radical (unpaired) electrons. The fraction of sp³-hybridized carbons (Fsp3) is 0.143. The average molecular weight is 261 g/mol. The molecule has 0 atom stereocenters.